The first-order valence-electron chi connectivity index (χ1n) is 6.28. The van der Waals surface area contributed by atoms with Crippen LogP contribution in [0.1, 0.15) is 53.4 Å². The van der Waals surface area contributed by atoms with Crippen molar-refractivity contribution in [3.05, 3.63) is 0 Å². The quantitative estimate of drug-likeness (QED) is 0.799. The fourth-order valence-electron chi connectivity index (χ4n) is 2.20. The lowest BCUT2D eigenvalue weighted by Crippen LogP contribution is -2.36. The molecule has 0 amide bonds. The lowest BCUT2D eigenvalue weighted by Gasteiger charge is -2.31. The molecule has 15 heavy (non-hydrogen) atoms. The molecule has 1 aliphatic carbocycles. The van der Waals surface area contributed by atoms with Crippen molar-refractivity contribution in [1.29, 1.82) is 0 Å². The molecule has 0 bridgehead atoms. The average molecular weight is 229 g/mol. The Morgan fingerprint density at radius 3 is 2.20 bits per heavy atom. The zero-order valence-electron chi connectivity index (χ0n) is 10.8. The number of thioether (sulfide) groups is 1. The van der Waals surface area contributed by atoms with Gasteiger partial charge in [-0.1, -0.05) is 40.5 Å². The van der Waals surface area contributed by atoms with E-state index in [1.807, 2.05) is 11.8 Å². The fourth-order valence-corrected chi connectivity index (χ4v) is 3.16. The molecule has 1 saturated carbocycles. The molecule has 2 heteroatoms. The van der Waals surface area contributed by atoms with Crippen molar-refractivity contribution in [2.45, 2.75) is 64.2 Å². The molecule has 0 radical (unpaired) electrons. The molecule has 1 atom stereocenters. The highest BCUT2D eigenvalue weighted by atomic mass is 32.2. The highest BCUT2D eigenvalue weighted by molar-refractivity contribution is 8.00. The summed E-state index contributed by atoms with van der Waals surface area (Å²) in [6.07, 6.45) is 5.48. The molecular weight excluding hydrogens is 202 g/mol. The molecule has 1 nitrogen and oxygen atoms in total. The third-order valence-electron chi connectivity index (χ3n) is 3.37. The lowest BCUT2D eigenvalue weighted by molar-refractivity contribution is 0.264. The van der Waals surface area contributed by atoms with E-state index in [0.29, 0.717) is 10.8 Å². The van der Waals surface area contributed by atoms with Crippen molar-refractivity contribution in [3.8, 4) is 0 Å². The van der Waals surface area contributed by atoms with Crippen LogP contribution in [0, 0.1) is 11.8 Å². The van der Waals surface area contributed by atoms with Gasteiger partial charge in [-0.05, 0) is 24.7 Å². The maximum atomic E-state index is 6.28. The van der Waals surface area contributed by atoms with E-state index >= 15 is 0 Å². The third-order valence-corrected chi connectivity index (χ3v) is 4.79. The van der Waals surface area contributed by atoms with E-state index in [1.165, 1.54) is 25.7 Å². The van der Waals surface area contributed by atoms with E-state index < -0.39 is 0 Å². The van der Waals surface area contributed by atoms with Crippen LogP contribution in [0.5, 0.6) is 0 Å². The molecular formula is C13H27NS. The average Bonchev–Trinajstić information content (AvgIpc) is 2.14. The molecule has 90 valence electrons. The van der Waals surface area contributed by atoms with E-state index in [2.05, 4.69) is 27.7 Å². The molecule has 1 aliphatic rings. The summed E-state index contributed by atoms with van der Waals surface area (Å²) < 4.78 is 0.361. The molecule has 0 saturated heterocycles. The molecule has 0 spiro atoms. The standard InChI is InChI=1S/C13H27NS/c1-10-5-7-11(8-6-10)12(14)9-15-13(2,3)4/h10-12H,5-9,14H2,1-4H3. The van der Waals surface area contributed by atoms with Crippen molar-refractivity contribution in [2.75, 3.05) is 5.75 Å². The van der Waals surface area contributed by atoms with Crippen molar-refractivity contribution >= 4 is 11.8 Å². The van der Waals surface area contributed by atoms with E-state index in [1.54, 1.807) is 0 Å². The van der Waals surface area contributed by atoms with Crippen molar-refractivity contribution in [2.24, 2.45) is 17.6 Å². The molecule has 1 rings (SSSR count). The molecule has 0 aromatic carbocycles. The van der Waals surface area contributed by atoms with Gasteiger partial charge < -0.3 is 5.73 Å². The summed E-state index contributed by atoms with van der Waals surface area (Å²) in [7, 11) is 0. The Morgan fingerprint density at radius 2 is 1.73 bits per heavy atom. The van der Waals surface area contributed by atoms with Gasteiger partial charge in [0.25, 0.3) is 0 Å². The van der Waals surface area contributed by atoms with E-state index in [4.69, 9.17) is 5.73 Å². The number of rotatable bonds is 3. The number of nitrogens with two attached hydrogens (primary N) is 1. The van der Waals surface area contributed by atoms with Crippen LogP contribution in [0.15, 0.2) is 0 Å². The Labute approximate surface area is 99.6 Å². The molecule has 0 aliphatic heterocycles. The smallest absolute Gasteiger partial charge is 0.0159 e. The van der Waals surface area contributed by atoms with Gasteiger partial charge in [-0.3, -0.25) is 0 Å². The van der Waals surface area contributed by atoms with Crippen LogP contribution in [0.25, 0.3) is 0 Å². The Morgan fingerprint density at radius 1 is 1.20 bits per heavy atom. The number of hydrogen-bond donors (Lipinski definition) is 1. The Kier molecular flexibility index (Phi) is 4.98. The first-order chi connectivity index (χ1) is 6.88. The Bertz CT molecular complexity index is 177. The number of hydrogen-bond acceptors (Lipinski definition) is 2. The maximum absolute atomic E-state index is 6.28. The minimum absolute atomic E-state index is 0.361. The molecule has 0 heterocycles. The SMILES string of the molecule is CC1CCC(C(N)CSC(C)(C)C)CC1. The first kappa shape index (κ1) is 13.4. The fraction of sp³-hybridized carbons (Fsp3) is 1.00. The summed E-state index contributed by atoms with van der Waals surface area (Å²) in [4.78, 5) is 0. The van der Waals surface area contributed by atoms with Crippen LogP contribution in [-0.4, -0.2) is 16.5 Å². The summed E-state index contributed by atoms with van der Waals surface area (Å²) in [5.74, 6) is 2.85. The predicted molar refractivity (Wildman–Crippen MR) is 71.3 cm³/mol. The highest BCUT2D eigenvalue weighted by Gasteiger charge is 2.24. The van der Waals surface area contributed by atoms with Crippen LogP contribution in [-0.2, 0) is 0 Å². The van der Waals surface area contributed by atoms with Gasteiger partial charge in [0.2, 0.25) is 0 Å². The van der Waals surface area contributed by atoms with Gasteiger partial charge in [-0.2, -0.15) is 11.8 Å². The van der Waals surface area contributed by atoms with Gasteiger partial charge in [0.1, 0.15) is 0 Å². The summed E-state index contributed by atoms with van der Waals surface area (Å²) >= 11 is 2.01. The minimum atomic E-state index is 0.361. The highest BCUT2D eigenvalue weighted by Crippen LogP contribution is 2.32. The van der Waals surface area contributed by atoms with Gasteiger partial charge in [-0.25, -0.2) is 0 Å². The zero-order chi connectivity index (χ0) is 11.5. The normalized spacial score (nSPS) is 30.2. The van der Waals surface area contributed by atoms with Crippen LogP contribution in [0.4, 0.5) is 0 Å². The monoisotopic (exact) mass is 229 g/mol. The van der Waals surface area contributed by atoms with Crippen LogP contribution >= 0.6 is 11.8 Å². The van der Waals surface area contributed by atoms with Gasteiger partial charge in [-0.15, -0.1) is 0 Å². The predicted octanol–water partition coefficient (Wildman–Crippen LogP) is 3.67. The summed E-state index contributed by atoms with van der Waals surface area (Å²) in [6.45, 7) is 9.18. The minimum Gasteiger partial charge on any atom is -0.327 e. The molecule has 2 N–H and O–H groups in total. The van der Waals surface area contributed by atoms with Crippen LogP contribution in [0.3, 0.4) is 0 Å². The second-order valence-corrected chi connectivity index (χ2v) is 7.95. The van der Waals surface area contributed by atoms with E-state index in [9.17, 15) is 0 Å². The largest absolute Gasteiger partial charge is 0.327 e. The van der Waals surface area contributed by atoms with Crippen molar-refractivity contribution < 1.29 is 0 Å². The first-order valence-corrected chi connectivity index (χ1v) is 7.26. The second-order valence-electron chi connectivity index (χ2n) is 6.11. The maximum Gasteiger partial charge on any atom is 0.0159 e. The van der Waals surface area contributed by atoms with E-state index in [0.717, 1.165) is 17.6 Å². The van der Waals surface area contributed by atoms with Crippen molar-refractivity contribution in [1.82, 2.24) is 0 Å². The van der Waals surface area contributed by atoms with Gasteiger partial charge in [0, 0.05) is 16.5 Å². The van der Waals surface area contributed by atoms with Gasteiger partial charge >= 0.3 is 0 Å². The summed E-state index contributed by atoms with van der Waals surface area (Å²) in [5.41, 5.74) is 6.28. The topological polar surface area (TPSA) is 26.0 Å². The second kappa shape index (κ2) is 5.58. The zero-order valence-corrected chi connectivity index (χ0v) is 11.6. The van der Waals surface area contributed by atoms with Crippen molar-refractivity contribution in [3.63, 3.8) is 0 Å². The molecule has 1 fully saturated rings. The Hall–Kier alpha value is 0.310. The third kappa shape index (κ3) is 5.26. The Balaban J connectivity index is 2.25. The summed E-state index contributed by atoms with van der Waals surface area (Å²) in [6, 6.07) is 0.418. The molecule has 0 aromatic rings. The van der Waals surface area contributed by atoms with Crippen LogP contribution < -0.4 is 5.73 Å². The lowest BCUT2D eigenvalue weighted by atomic mass is 9.80. The molecule has 1 unspecified atom stereocenters. The van der Waals surface area contributed by atoms with Gasteiger partial charge in [0.15, 0.2) is 0 Å². The van der Waals surface area contributed by atoms with Crippen LogP contribution in [0.2, 0.25) is 0 Å². The summed E-state index contributed by atoms with van der Waals surface area (Å²) in [5, 5.41) is 0. The van der Waals surface area contributed by atoms with Gasteiger partial charge in [0.05, 0.1) is 0 Å². The molecule has 0 aromatic heterocycles. The van der Waals surface area contributed by atoms with E-state index in [-0.39, 0.29) is 0 Å².